The molecular weight excluding hydrogens is 160 g/mol. The molecule has 0 spiro atoms. The Hall–Kier alpha value is -0.0600. The van der Waals surface area contributed by atoms with E-state index in [-0.39, 0.29) is 17.6 Å². The minimum atomic E-state index is -0.334. The van der Waals surface area contributed by atoms with Crippen molar-refractivity contribution < 1.29 is 4.79 Å². The molecule has 0 bridgehead atoms. The quantitative estimate of drug-likeness (QED) is 0.392. The van der Waals surface area contributed by atoms with E-state index in [1.54, 1.807) is 0 Å². The summed E-state index contributed by atoms with van der Waals surface area (Å²) in [5, 5.41) is 0. The minimum absolute atomic E-state index is 0.0188. The molecule has 1 atom stereocenters. The van der Waals surface area contributed by atoms with Crippen molar-refractivity contribution in [3.8, 4) is 0 Å². The van der Waals surface area contributed by atoms with Crippen LogP contribution in [0.5, 0.6) is 0 Å². The Balaban J connectivity index is 3.36. The Kier molecular flexibility index (Phi) is 6.60. The normalized spacial score (nSPS) is 13.0. The second-order valence-corrected chi connectivity index (χ2v) is 2.83. The number of hydrogen-bond donors (Lipinski definition) is 3. The zero-order chi connectivity index (χ0) is 8.69. The van der Waals surface area contributed by atoms with Gasteiger partial charge in [0.1, 0.15) is 0 Å². The molecule has 0 saturated heterocycles. The first-order valence-electron chi connectivity index (χ1n) is 3.81. The topological polar surface area (TPSA) is 69.1 Å². The van der Waals surface area contributed by atoms with Crippen molar-refractivity contribution in [3.05, 3.63) is 0 Å². The van der Waals surface area contributed by atoms with E-state index in [1.807, 2.05) is 0 Å². The summed E-state index contributed by atoms with van der Waals surface area (Å²) >= 11 is 3.85. The molecule has 0 aliphatic rings. The average Bonchev–Trinajstić information content (AvgIpc) is 2.03. The summed E-state index contributed by atoms with van der Waals surface area (Å²) in [6, 6.07) is -0.334. The lowest BCUT2D eigenvalue weighted by Crippen LogP contribution is -2.31. The maximum atomic E-state index is 10.9. The maximum absolute atomic E-state index is 10.9. The van der Waals surface area contributed by atoms with E-state index in [1.165, 1.54) is 0 Å². The molecule has 0 heterocycles. The van der Waals surface area contributed by atoms with E-state index in [0.29, 0.717) is 6.54 Å². The number of unbranched alkanes of at least 4 members (excludes halogenated alkanes) is 1. The van der Waals surface area contributed by atoms with Gasteiger partial charge in [0, 0.05) is 0 Å². The van der Waals surface area contributed by atoms with E-state index in [9.17, 15) is 4.79 Å². The predicted octanol–water partition coefficient (Wildman–Crippen LogP) is -0.0584. The molecule has 4 heteroatoms. The van der Waals surface area contributed by atoms with Crippen molar-refractivity contribution in [3.63, 3.8) is 0 Å². The van der Waals surface area contributed by atoms with E-state index in [0.717, 1.165) is 19.3 Å². The lowest BCUT2D eigenvalue weighted by Gasteiger charge is -2.07. The van der Waals surface area contributed by atoms with Crippen molar-refractivity contribution in [2.45, 2.75) is 25.3 Å². The second kappa shape index (κ2) is 6.64. The summed E-state index contributed by atoms with van der Waals surface area (Å²) in [6.07, 6.45) is 2.60. The summed E-state index contributed by atoms with van der Waals surface area (Å²) in [6.45, 7) is 0.668. The predicted molar refractivity (Wildman–Crippen MR) is 49.7 cm³/mol. The molecule has 66 valence electrons. The smallest absolute Gasteiger partial charge is 0.159 e. The maximum Gasteiger partial charge on any atom is 0.159 e. The first-order chi connectivity index (χ1) is 5.22. The number of rotatable bonds is 6. The van der Waals surface area contributed by atoms with Gasteiger partial charge in [0.25, 0.3) is 0 Å². The molecule has 0 saturated carbocycles. The number of thiol groups is 1. The van der Waals surface area contributed by atoms with Gasteiger partial charge in [-0.1, -0.05) is 6.42 Å². The van der Waals surface area contributed by atoms with Gasteiger partial charge in [0.15, 0.2) is 5.78 Å². The molecule has 0 aliphatic heterocycles. The van der Waals surface area contributed by atoms with Gasteiger partial charge >= 0.3 is 0 Å². The highest BCUT2D eigenvalue weighted by atomic mass is 32.1. The van der Waals surface area contributed by atoms with Crippen LogP contribution in [0.4, 0.5) is 0 Å². The summed E-state index contributed by atoms with van der Waals surface area (Å²) in [4.78, 5) is 10.9. The number of carbonyl (C=O) groups excluding carboxylic acids is 1. The molecule has 0 aromatic rings. The summed E-state index contributed by atoms with van der Waals surface area (Å²) in [7, 11) is 0. The first kappa shape index (κ1) is 10.9. The van der Waals surface area contributed by atoms with Crippen LogP contribution in [-0.4, -0.2) is 24.1 Å². The number of nitrogens with two attached hydrogens (primary N) is 2. The minimum Gasteiger partial charge on any atom is -0.330 e. The van der Waals surface area contributed by atoms with Crippen LogP contribution in [-0.2, 0) is 4.79 Å². The molecule has 0 aromatic carbocycles. The molecule has 0 aromatic heterocycles. The van der Waals surface area contributed by atoms with Crippen LogP contribution < -0.4 is 11.5 Å². The van der Waals surface area contributed by atoms with Gasteiger partial charge in [-0.05, 0) is 19.4 Å². The molecule has 0 amide bonds. The lowest BCUT2D eigenvalue weighted by atomic mass is 10.1. The molecular formula is C7H16N2OS. The molecule has 0 unspecified atom stereocenters. The third kappa shape index (κ3) is 5.24. The van der Waals surface area contributed by atoms with Gasteiger partial charge in [-0.25, -0.2) is 0 Å². The fourth-order valence-electron chi connectivity index (χ4n) is 0.787. The SMILES string of the molecule is NCCCC[C@H](N)C(=O)CS. The van der Waals surface area contributed by atoms with Crippen LogP contribution in [0.3, 0.4) is 0 Å². The largest absolute Gasteiger partial charge is 0.330 e. The van der Waals surface area contributed by atoms with Crippen LogP contribution >= 0.6 is 12.6 Å². The van der Waals surface area contributed by atoms with Gasteiger partial charge in [0.2, 0.25) is 0 Å². The highest BCUT2D eigenvalue weighted by molar-refractivity contribution is 7.81. The van der Waals surface area contributed by atoms with Crippen LogP contribution in [0.25, 0.3) is 0 Å². The third-order valence-electron chi connectivity index (χ3n) is 1.54. The van der Waals surface area contributed by atoms with Crippen LogP contribution in [0.2, 0.25) is 0 Å². The van der Waals surface area contributed by atoms with Crippen molar-refractivity contribution >= 4 is 18.4 Å². The Morgan fingerprint density at radius 1 is 1.45 bits per heavy atom. The highest BCUT2D eigenvalue weighted by Gasteiger charge is 2.09. The molecule has 0 aliphatic carbocycles. The van der Waals surface area contributed by atoms with Gasteiger partial charge in [0.05, 0.1) is 11.8 Å². The van der Waals surface area contributed by atoms with E-state index >= 15 is 0 Å². The lowest BCUT2D eigenvalue weighted by molar-refractivity contribution is -0.117. The number of hydrogen-bond acceptors (Lipinski definition) is 4. The second-order valence-electron chi connectivity index (χ2n) is 2.52. The Morgan fingerprint density at radius 2 is 2.09 bits per heavy atom. The molecule has 4 N–H and O–H groups in total. The van der Waals surface area contributed by atoms with E-state index < -0.39 is 0 Å². The Morgan fingerprint density at radius 3 is 2.55 bits per heavy atom. The van der Waals surface area contributed by atoms with Gasteiger partial charge < -0.3 is 11.5 Å². The molecule has 0 fully saturated rings. The van der Waals surface area contributed by atoms with E-state index in [2.05, 4.69) is 12.6 Å². The monoisotopic (exact) mass is 176 g/mol. The fraction of sp³-hybridized carbons (Fsp3) is 0.857. The zero-order valence-corrected chi connectivity index (χ0v) is 7.52. The average molecular weight is 176 g/mol. The molecule has 3 nitrogen and oxygen atoms in total. The number of ketones is 1. The fourth-order valence-corrected chi connectivity index (χ4v) is 1.02. The zero-order valence-electron chi connectivity index (χ0n) is 6.62. The highest BCUT2D eigenvalue weighted by Crippen LogP contribution is 1.99. The Bertz CT molecular complexity index is 119. The van der Waals surface area contributed by atoms with Gasteiger partial charge in [-0.15, -0.1) is 0 Å². The van der Waals surface area contributed by atoms with Crippen molar-refractivity contribution in [1.82, 2.24) is 0 Å². The van der Waals surface area contributed by atoms with E-state index in [4.69, 9.17) is 11.5 Å². The van der Waals surface area contributed by atoms with Crippen molar-refractivity contribution in [1.29, 1.82) is 0 Å². The van der Waals surface area contributed by atoms with Crippen molar-refractivity contribution in [2.24, 2.45) is 11.5 Å². The molecule has 0 radical (unpaired) electrons. The van der Waals surface area contributed by atoms with Crippen molar-refractivity contribution in [2.75, 3.05) is 12.3 Å². The first-order valence-corrected chi connectivity index (χ1v) is 4.44. The van der Waals surface area contributed by atoms with Gasteiger partial charge in [-0.3, -0.25) is 4.79 Å². The van der Waals surface area contributed by atoms with Gasteiger partial charge in [-0.2, -0.15) is 12.6 Å². The Labute approximate surface area is 72.9 Å². The summed E-state index contributed by atoms with van der Waals surface area (Å²) in [5.41, 5.74) is 10.8. The third-order valence-corrected chi connectivity index (χ3v) is 1.85. The number of Topliss-reactive ketones (excluding diaryl/α,β-unsaturated/α-hetero) is 1. The molecule has 0 rings (SSSR count). The van der Waals surface area contributed by atoms with Crippen LogP contribution in [0.1, 0.15) is 19.3 Å². The standard InChI is InChI=1S/C7H16N2OS/c8-4-2-1-3-6(9)7(10)5-11/h6,11H,1-5,8-9H2/t6-/m0/s1. The van der Waals surface area contributed by atoms with Crippen LogP contribution in [0.15, 0.2) is 0 Å². The van der Waals surface area contributed by atoms with Crippen LogP contribution in [0, 0.1) is 0 Å². The molecule has 11 heavy (non-hydrogen) atoms. The number of carbonyl (C=O) groups is 1. The summed E-state index contributed by atoms with van der Waals surface area (Å²) in [5.74, 6) is 0.259. The summed E-state index contributed by atoms with van der Waals surface area (Å²) < 4.78 is 0.